The number of halogens is 2. The predicted octanol–water partition coefficient (Wildman–Crippen LogP) is 1.50. The van der Waals surface area contributed by atoms with Gasteiger partial charge in [-0.3, -0.25) is 4.79 Å². The van der Waals surface area contributed by atoms with Gasteiger partial charge in [-0.05, 0) is 43.4 Å². The maximum absolute atomic E-state index is 12.9. The van der Waals surface area contributed by atoms with E-state index in [9.17, 15) is 13.6 Å². The second-order valence-corrected chi connectivity index (χ2v) is 4.79. The second-order valence-electron chi connectivity index (χ2n) is 4.79. The van der Waals surface area contributed by atoms with Gasteiger partial charge in [0.25, 0.3) is 0 Å². The van der Waals surface area contributed by atoms with Crippen LogP contribution in [0, 0.1) is 11.6 Å². The number of carbonyl (C=O) groups excluding carboxylic acids is 1. The summed E-state index contributed by atoms with van der Waals surface area (Å²) in [6.45, 7) is 0.334. The van der Waals surface area contributed by atoms with Gasteiger partial charge in [0.1, 0.15) is 11.6 Å². The largest absolute Gasteiger partial charge is 0.354 e. The Morgan fingerprint density at radius 3 is 2.39 bits per heavy atom. The summed E-state index contributed by atoms with van der Waals surface area (Å²) < 4.78 is 25.8. The Kier molecular flexibility index (Phi) is 3.61. The van der Waals surface area contributed by atoms with Crippen molar-refractivity contribution in [3.05, 3.63) is 35.4 Å². The summed E-state index contributed by atoms with van der Waals surface area (Å²) in [4.78, 5) is 11.7. The Morgan fingerprint density at radius 2 is 1.89 bits per heavy atom. The molecule has 1 aliphatic rings. The van der Waals surface area contributed by atoms with E-state index < -0.39 is 17.2 Å². The van der Waals surface area contributed by atoms with Gasteiger partial charge in [0, 0.05) is 12.6 Å². The molecule has 0 saturated heterocycles. The molecule has 0 heterocycles. The number of carbonyl (C=O) groups is 1. The molecule has 98 valence electrons. The fourth-order valence-electron chi connectivity index (χ4n) is 2.04. The van der Waals surface area contributed by atoms with Gasteiger partial charge in [-0.25, -0.2) is 8.78 Å². The third-order valence-electron chi connectivity index (χ3n) is 3.32. The zero-order valence-corrected chi connectivity index (χ0v) is 10.0. The van der Waals surface area contributed by atoms with E-state index in [-0.39, 0.29) is 5.91 Å². The third-order valence-corrected chi connectivity index (χ3v) is 3.32. The minimum Gasteiger partial charge on any atom is -0.354 e. The molecule has 2 rings (SSSR count). The van der Waals surface area contributed by atoms with Crippen LogP contribution in [0.4, 0.5) is 8.78 Å². The van der Waals surface area contributed by atoms with Crippen molar-refractivity contribution in [1.29, 1.82) is 0 Å². The molecule has 1 aromatic rings. The Balaban J connectivity index is 1.83. The molecule has 0 bridgehead atoms. The smallest absolute Gasteiger partial charge is 0.240 e. The number of hydrogen-bond donors (Lipinski definition) is 2. The van der Waals surface area contributed by atoms with Gasteiger partial charge in [-0.1, -0.05) is 0 Å². The minimum absolute atomic E-state index is 0.175. The van der Waals surface area contributed by atoms with Gasteiger partial charge in [0.2, 0.25) is 5.91 Å². The molecule has 3 nitrogen and oxygen atoms in total. The van der Waals surface area contributed by atoms with Crippen molar-refractivity contribution in [3.8, 4) is 0 Å². The lowest BCUT2D eigenvalue weighted by atomic mass is 9.77. The van der Waals surface area contributed by atoms with Crippen molar-refractivity contribution in [2.75, 3.05) is 6.54 Å². The molecular weight excluding hydrogens is 238 g/mol. The number of rotatable bonds is 4. The van der Waals surface area contributed by atoms with E-state index in [2.05, 4.69) is 5.32 Å². The Bertz CT molecular complexity index is 438. The summed E-state index contributed by atoms with van der Waals surface area (Å²) in [5.41, 5.74) is 5.63. The summed E-state index contributed by atoms with van der Waals surface area (Å²) in [7, 11) is 0. The summed E-state index contributed by atoms with van der Waals surface area (Å²) in [6.07, 6.45) is 2.76. The number of nitrogens with one attached hydrogen (secondary N) is 1. The van der Waals surface area contributed by atoms with Crippen molar-refractivity contribution in [2.24, 2.45) is 5.73 Å². The third kappa shape index (κ3) is 2.85. The SMILES string of the molecule is NC1(C(=O)NCCc2cc(F)cc(F)c2)CCC1. The van der Waals surface area contributed by atoms with E-state index in [1.165, 1.54) is 12.1 Å². The van der Waals surface area contributed by atoms with Crippen LogP contribution in [0.3, 0.4) is 0 Å². The molecule has 18 heavy (non-hydrogen) atoms. The highest BCUT2D eigenvalue weighted by atomic mass is 19.1. The van der Waals surface area contributed by atoms with Crippen LogP contribution < -0.4 is 11.1 Å². The number of benzene rings is 1. The topological polar surface area (TPSA) is 55.1 Å². The molecule has 5 heteroatoms. The lowest BCUT2D eigenvalue weighted by Gasteiger charge is -2.36. The highest BCUT2D eigenvalue weighted by molar-refractivity contribution is 5.86. The molecule has 0 atom stereocenters. The van der Waals surface area contributed by atoms with Crippen LogP contribution in [0.25, 0.3) is 0 Å². The highest BCUT2D eigenvalue weighted by Crippen LogP contribution is 2.28. The standard InChI is InChI=1S/C13H16F2N2O/c14-10-6-9(7-11(15)8-10)2-5-17-12(18)13(16)3-1-4-13/h6-8H,1-5,16H2,(H,17,18). The quantitative estimate of drug-likeness (QED) is 0.855. The summed E-state index contributed by atoms with van der Waals surface area (Å²) >= 11 is 0. The molecule has 1 aliphatic carbocycles. The van der Waals surface area contributed by atoms with Gasteiger partial charge in [-0.2, -0.15) is 0 Å². The van der Waals surface area contributed by atoms with Gasteiger partial charge in [0.05, 0.1) is 5.54 Å². The normalized spacial score (nSPS) is 17.1. The van der Waals surface area contributed by atoms with Crippen molar-refractivity contribution in [1.82, 2.24) is 5.32 Å². The van der Waals surface area contributed by atoms with Crippen molar-refractivity contribution >= 4 is 5.91 Å². The maximum Gasteiger partial charge on any atom is 0.240 e. The first-order valence-electron chi connectivity index (χ1n) is 6.02. The Labute approximate surface area is 104 Å². The summed E-state index contributed by atoms with van der Waals surface area (Å²) in [5, 5.41) is 2.70. The monoisotopic (exact) mass is 254 g/mol. The lowest BCUT2D eigenvalue weighted by Crippen LogP contribution is -2.58. The van der Waals surface area contributed by atoms with Crippen LogP contribution in [-0.4, -0.2) is 18.0 Å². The molecule has 0 spiro atoms. The maximum atomic E-state index is 12.9. The van der Waals surface area contributed by atoms with Gasteiger partial charge in [-0.15, -0.1) is 0 Å². The van der Waals surface area contributed by atoms with Crippen LogP contribution in [0.5, 0.6) is 0 Å². The van der Waals surface area contributed by atoms with Crippen LogP contribution in [0.15, 0.2) is 18.2 Å². The van der Waals surface area contributed by atoms with E-state index >= 15 is 0 Å². The molecule has 1 aromatic carbocycles. The van der Waals surface area contributed by atoms with Crippen LogP contribution in [0.2, 0.25) is 0 Å². The van der Waals surface area contributed by atoms with E-state index in [0.29, 0.717) is 31.4 Å². The van der Waals surface area contributed by atoms with E-state index in [1.54, 1.807) is 0 Å². The molecule has 0 unspecified atom stereocenters. The Hall–Kier alpha value is -1.49. The lowest BCUT2D eigenvalue weighted by molar-refractivity contribution is -0.129. The first kappa shape index (κ1) is 13.0. The molecule has 1 fully saturated rings. The first-order valence-corrected chi connectivity index (χ1v) is 6.02. The van der Waals surface area contributed by atoms with E-state index in [1.807, 2.05) is 0 Å². The molecule has 1 amide bonds. The second kappa shape index (κ2) is 5.02. The molecule has 0 aromatic heterocycles. The number of amides is 1. The van der Waals surface area contributed by atoms with E-state index in [4.69, 9.17) is 5.73 Å². The number of hydrogen-bond acceptors (Lipinski definition) is 2. The fraction of sp³-hybridized carbons (Fsp3) is 0.462. The van der Waals surface area contributed by atoms with Crippen molar-refractivity contribution < 1.29 is 13.6 Å². The highest BCUT2D eigenvalue weighted by Gasteiger charge is 2.39. The zero-order chi connectivity index (χ0) is 13.2. The average molecular weight is 254 g/mol. The molecule has 0 aliphatic heterocycles. The van der Waals surface area contributed by atoms with Gasteiger partial charge in [0.15, 0.2) is 0 Å². The molecular formula is C13H16F2N2O. The molecule has 1 saturated carbocycles. The Morgan fingerprint density at radius 1 is 1.28 bits per heavy atom. The number of nitrogens with two attached hydrogens (primary N) is 1. The minimum atomic E-state index is -0.729. The predicted molar refractivity (Wildman–Crippen MR) is 63.8 cm³/mol. The van der Waals surface area contributed by atoms with E-state index in [0.717, 1.165) is 12.5 Å². The zero-order valence-electron chi connectivity index (χ0n) is 10.0. The average Bonchev–Trinajstić information content (AvgIpc) is 2.24. The molecule has 0 radical (unpaired) electrons. The van der Waals surface area contributed by atoms with Crippen LogP contribution in [-0.2, 0) is 11.2 Å². The molecule has 3 N–H and O–H groups in total. The van der Waals surface area contributed by atoms with Crippen molar-refractivity contribution in [3.63, 3.8) is 0 Å². The van der Waals surface area contributed by atoms with Crippen molar-refractivity contribution in [2.45, 2.75) is 31.2 Å². The van der Waals surface area contributed by atoms with Crippen LogP contribution >= 0.6 is 0 Å². The first-order chi connectivity index (χ1) is 8.49. The summed E-state index contributed by atoms with van der Waals surface area (Å²) in [6, 6.07) is 3.35. The van der Waals surface area contributed by atoms with Gasteiger partial charge < -0.3 is 11.1 Å². The van der Waals surface area contributed by atoms with Gasteiger partial charge >= 0.3 is 0 Å². The fourth-order valence-corrected chi connectivity index (χ4v) is 2.04. The van der Waals surface area contributed by atoms with Crippen LogP contribution in [0.1, 0.15) is 24.8 Å². The summed E-state index contributed by atoms with van der Waals surface area (Å²) in [5.74, 6) is -1.39.